The highest BCUT2D eigenvalue weighted by atomic mass is 16.5. The quantitative estimate of drug-likeness (QED) is 0.575. The van der Waals surface area contributed by atoms with E-state index in [1.165, 1.54) is 0 Å². The van der Waals surface area contributed by atoms with Gasteiger partial charge in [0, 0.05) is 25.2 Å². The first-order valence-electron chi connectivity index (χ1n) is 8.38. The minimum Gasteiger partial charge on any atom is -0.461 e. The molecule has 0 radical (unpaired) electrons. The van der Waals surface area contributed by atoms with Crippen LogP contribution in [0.3, 0.4) is 0 Å². The molecule has 0 aliphatic carbocycles. The molecule has 7 nitrogen and oxygen atoms in total. The summed E-state index contributed by atoms with van der Waals surface area (Å²) in [6.45, 7) is 3.05. The zero-order valence-corrected chi connectivity index (χ0v) is 14.3. The highest BCUT2D eigenvalue weighted by Gasteiger charge is 2.11. The lowest BCUT2D eigenvalue weighted by Gasteiger charge is -2.14. The van der Waals surface area contributed by atoms with Crippen LogP contribution >= 0.6 is 0 Å². The van der Waals surface area contributed by atoms with Crippen LogP contribution in [0.1, 0.15) is 12.6 Å². The molecule has 4 aromatic rings. The van der Waals surface area contributed by atoms with E-state index >= 15 is 0 Å². The summed E-state index contributed by atoms with van der Waals surface area (Å²) in [7, 11) is 0. The molecule has 0 aliphatic rings. The average Bonchev–Trinajstić information content (AvgIpc) is 3.34. The van der Waals surface area contributed by atoms with Crippen molar-refractivity contribution in [3.63, 3.8) is 0 Å². The Morgan fingerprint density at radius 2 is 2.08 bits per heavy atom. The van der Waals surface area contributed by atoms with E-state index in [-0.39, 0.29) is 11.6 Å². The van der Waals surface area contributed by atoms with Gasteiger partial charge in [-0.25, -0.2) is 4.98 Å². The average molecular weight is 350 g/mol. The first kappa shape index (κ1) is 16.3. The fraction of sp³-hybridized carbons (Fsp3) is 0.211. The van der Waals surface area contributed by atoms with Crippen LogP contribution in [0.4, 0.5) is 0 Å². The van der Waals surface area contributed by atoms with Gasteiger partial charge in [0.2, 0.25) is 5.76 Å². The normalized spacial score (nSPS) is 12.5. The Hall–Kier alpha value is -3.19. The first-order valence-corrected chi connectivity index (χ1v) is 8.38. The van der Waals surface area contributed by atoms with Crippen LogP contribution in [0, 0.1) is 0 Å². The fourth-order valence-corrected chi connectivity index (χ4v) is 2.80. The van der Waals surface area contributed by atoms with E-state index < -0.39 is 0 Å². The number of fused-ring (bicyclic) bond motifs is 1. The second kappa shape index (κ2) is 6.97. The van der Waals surface area contributed by atoms with Gasteiger partial charge in [0.1, 0.15) is 0 Å². The van der Waals surface area contributed by atoms with Gasteiger partial charge in [0.15, 0.2) is 5.76 Å². The molecular weight excluding hydrogens is 332 g/mol. The number of furan rings is 1. The Labute approximate surface area is 149 Å². The predicted octanol–water partition coefficient (Wildman–Crippen LogP) is 2.82. The van der Waals surface area contributed by atoms with Crippen LogP contribution in [-0.2, 0) is 13.1 Å². The van der Waals surface area contributed by atoms with Crippen LogP contribution in [-0.4, -0.2) is 20.7 Å². The molecule has 132 valence electrons. The second-order valence-corrected chi connectivity index (χ2v) is 6.16. The number of rotatable bonds is 6. The highest BCUT2D eigenvalue weighted by Crippen LogP contribution is 2.20. The van der Waals surface area contributed by atoms with Gasteiger partial charge in [0.05, 0.1) is 29.2 Å². The summed E-state index contributed by atoms with van der Waals surface area (Å²) in [5.41, 5.74) is 1.44. The van der Waals surface area contributed by atoms with Gasteiger partial charge in [0.25, 0.3) is 5.56 Å². The molecule has 3 aromatic heterocycles. The lowest BCUT2D eigenvalue weighted by atomic mass is 10.2. The summed E-state index contributed by atoms with van der Waals surface area (Å²) in [6, 6.07) is 12.9. The van der Waals surface area contributed by atoms with Crippen molar-refractivity contribution in [1.82, 2.24) is 20.0 Å². The lowest BCUT2D eigenvalue weighted by molar-refractivity contribution is 0.400. The zero-order valence-electron chi connectivity index (χ0n) is 14.3. The smallest absolute Gasteiger partial charge is 0.261 e. The van der Waals surface area contributed by atoms with Crippen molar-refractivity contribution in [3.8, 4) is 11.5 Å². The number of benzene rings is 1. The van der Waals surface area contributed by atoms with Crippen LogP contribution < -0.4 is 10.9 Å². The number of hydrogen-bond donors (Lipinski definition) is 1. The summed E-state index contributed by atoms with van der Waals surface area (Å²) in [5.74, 6) is 1.24. The van der Waals surface area contributed by atoms with Crippen molar-refractivity contribution in [3.05, 3.63) is 71.1 Å². The van der Waals surface area contributed by atoms with Crippen molar-refractivity contribution in [2.45, 2.75) is 26.1 Å². The summed E-state index contributed by atoms with van der Waals surface area (Å²) >= 11 is 0. The van der Waals surface area contributed by atoms with E-state index in [4.69, 9.17) is 8.94 Å². The lowest BCUT2D eigenvalue weighted by Crippen LogP contribution is -2.34. The maximum absolute atomic E-state index is 12.5. The van der Waals surface area contributed by atoms with E-state index in [0.29, 0.717) is 35.5 Å². The molecule has 7 heteroatoms. The third-order valence-electron chi connectivity index (χ3n) is 4.16. The zero-order chi connectivity index (χ0) is 17.9. The Bertz CT molecular complexity index is 1070. The van der Waals surface area contributed by atoms with E-state index in [0.717, 1.165) is 5.69 Å². The van der Waals surface area contributed by atoms with Crippen LogP contribution in [0.5, 0.6) is 0 Å². The van der Waals surface area contributed by atoms with Crippen molar-refractivity contribution >= 4 is 10.9 Å². The van der Waals surface area contributed by atoms with Gasteiger partial charge >= 0.3 is 0 Å². The van der Waals surface area contributed by atoms with Crippen molar-refractivity contribution in [2.24, 2.45) is 0 Å². The minimum absolute atomic E-state index is 0.0363. The molecule has 0 fully saturated rings. The summed E-state index contributed by atoms with van der Waals surface area (Å²) in [5, 5.41) is 8.00. The molecule has 0 saturated heterocycles. The van der Waals surface area contributed by atoms with E-state index in [2.05, 4.69) is 15.5 Å². The molecular formula is C19H18N4O3. The molecule has 0 unspecified atom stereocenters. The van der Waals surface area contributed by atoms with E-state index in [9.17, 15) is 4.79 Å². The van der Waals surface area contributed by atoms with Crippen LogP contribution in [0.2, 0.25) is 0 Å². The molecule has 0 aliphatic heterocycles. The Kier molecular flexibility index (Phi) is 4.37. The Balaban J connectivity index is 1.41. The van der Waals surface area contributed by atoms with E-state index in [1.807, 2.05) is 37.3 Å². The number of para-hydroxylation sites is 1. The maximum Gasteiger partial charge on any atom is 0.261 e. The SMILES string of the molecule is C[C@H](Cn1cnc2ccccc2c1=O)NCc1cc(-c2ccco2)on1. The Morgan fingerprint density at radius 1 is 1.19 bits per heavy atom. The summed E-state index contributed by atoms with van der Waals surface area (Å²) in [4.78, 5) is 16.9. The molecule has 1 aromatic carbocycles. The Morgan fingerprint density at radius 3 is 2.92 bits per heavy atom. The first-order chi connectivity index (χ1) is 12.7. The molecule has 1 atom stereocenters. The monoisotopic (exact) mass is 350 g/mol. The van der Waals surface area contributed by atoms with Crippen molar-refractivity contribution < 1.29 is 8.94 Å². The molecule has 3 heterocycles. The largest absolute Gasteiger partial charge is 0.461 e. The topological polar surface area (TPSA) is 86.1 Å². The van der Waals surface area contributed by atoms with Gasteiger partial charge in [-0.05, 0) is 31.2 Å². The molecule has 4 rings (SSSR count). The maximum atomic E-state index is 12.5. The van der Waals surface area contributed by atoms with Crippen molar-refractivity contribution in [1.29, 1.82) is 0 Å². The van der Waals surface area contributed by atoms with Gasteiger partial charge in [-0.15, -0.1) is 0 Å². The third kappa shape index (κ3) is 3.29. The molecule has 0 bridgehead atoms. The number of hydrogen-bond acceptors (Lipinski definition) is 6. The number of nitrogens with zero attached hydrogens (tertiary/aromatic N) is 3. The summed E-state index contributed by atoms with van der Waals surface area (Å²) < 4.78 is 12.2. The number of nitrogens with one attached hydrogen (secondary N) is 1. The van der Waals surface area contributed by atoms with Crippen molar-refractivity contribution in [2.75, 3.05) is 0 Å². The van der Waals surface area contributed by atoms with Gasteiger partial charge in [-0.3, -0.25) is 9.36 Å². The van der Waals surface area contributed by atoms with Gasteiger partial charge in [-0.2, -0.15) is 0 Å². The van der Waals surface area contributed by atoms with Gasteiger partial charge < -0.3 is 14.3 Å². The molecule has 0 spiro atoms. The standard InChI is InChI=1S/C19H18N4O3/c1-13(11-23-12-21-16-6-3-2-5-15(16)19(23)24)20-10-14-9-18(26-22-14)17-7-4-8-25-17/h2-9,12-13,20H,10-11H2,1H3/t13-/m1/s1. The molecule has 0 saturated carbocycles. The summed E-state index contributed by atoms with van der Waals surface area (Å²) in [6.07, 6.45) is 3.18. The minimum atomic E-state index is -0.0363. The molecule has 0 amide bonds. The number of aromatic nitrogens is 3. The molecule has 1 N–H and O–H groups in total. The van der Waals surface area contributed by atoms with Crippen LogP contribution in [0.25, 0.3) is 22.4 Å². The van der Waals surface area contributed by atoms with E-state index in [1.54, 1.807) is 29.3 Å². The van der Waals surface area contributed by atoms with Gasteiger partial charge in [-0.1, -0.05) is 17.3 Å². The highest BCUT2D eigenvalue weighted by molar-refractivity contribution is 5.76. The molecule has 26 heavy (non-hydrogen) atoms. The predicted molar refractivity (Wildman–Crippen MR) is 96.5 cm³/mol. The fourth-order valence-electron chi connectivity index (χ4n) is 2.80. The second-order valence-electron chi connectivity index (χ2n) is 6.16. The third-order valence-corrected chi connectivity index (χ3v) is 4.16. The van der Waals surface area contributed by atoms with Crippen LogP contribution in [0.15, 0.2) is 68.8 Å².